The van der Waals surface area contributed by atoms with E-state index >= 15 is 0 Å². The van der Waals surface area contributed by atoms with E-state index in [9.17, 15) is 20.1 Å². The number of carboxylic acids is 1. The molecule has 0 aromatic rings. The SMILES string of the molecule is C/C(=C\CCC(=O)O)[C@H](C)[C@@H](O)[C@@H](C)[C@H](O)/C=C\C=C/[C@@H](C)[C@@H](O)/C(C)=C/Br. The summed E-state index contributed by atoms with van der Waals surface area (Å²) in [5, 5.41) is 39.6. The number of allylic oxidation sites excluding steroid dienone is 3. The number of aliphatic hydroxyl groups excluding tert-OH is 3. The molecule has 0 saturated heterocycles. The van der Waals surface area contributed by atoms with Gasteiger partial charge in [0.1, 0.15) is 0 Å². The van der Waals surface area contributed by atoms with Crippen molar-refractivity contribution >= 4 is 21.9 Å². The van der Waals surface area contributed by atoms with E-state index in [0.29, 0.717) is 6.42 Å². The molecule has 0 heterocycles. The molecule has 0 aliphatic rings. The van der Waals surface area contributed by atoms with Gasteiger partial charge in [0.25, 0.3) is 0 Å². The normalized spacial score (nSPS) is 20.2. The molecule has 160 valence electrons. The second kappa shape index (κ2) is 13.9. The number of rotatable bonds is 12. The third-order valence-corrected chi connectivity index (χ3v) is 5.83. The van der Waals surface area contributed by atoms with Gasteiger partial charge in [-0.15, -0.1) is 0 Å². The molecule has 0 aliphatic heterocycles. The fourth-order valence-electron chi connectivity index (χ4n) is 2.71. The summed E-state index contributed by atoms with van der Waals surface area (Å²) in [5.41, 5.74) is 1.74. The van der Waals surface area contributed by atoms with E-state index in [1.807, 2.05) is 39.8 Å². The molecular weight excluding hydrogens is 424 g/mol. The van der Waals surface area contributed by atoms with E-state index in [2.05, 4.69) is 15.9 Å². The Labute approximate surface area is 177 Å². The second-order valence-corrected chi connectivity index (χ2v) is 7.89. The maximum atomic E-state index is 10.6. The number of hydrogen-bond donors (Lipinski definition) is 4. The minimum Gasteiger partial charge on any atom is -0.481 e. The molecule has 6 heteroatoms. The van der Waals surface area contributed by atoms with Gasteiger partial charge in [-0.05, 0) is 30.8 Å². The lowest BCUT2D eigenvalue weighted by Gasteiger charge is -2.28. The van der Waals surface area contributed by atoms with Crippen molar-refractivity contribution in [3.8, 4) is 0 Å². The molecule has 0 spiro atoms. The molecule has 0 saturated carbocycles. The van der Waals surface area contributed by atoms with E-state index in [0.717, 1.165) is 11.1 Å². The number of carboxylic acid groups (broad SMARTS) is 1. The molecular formula is C22H35BrO5. The van der Waals surface area contributed by atoms with Gasteiger partial charge in [-0.2, -0.15) is 0 Å². The Bertz CT molecular complexity index is 594. The molecule has 0 aromatic carbocycles. The largest absolute Gasteiger partial charge is 0.481 e. The van der Waals surface area contributed by atoms with Gasteiger partial charge in [0, 0.05) is 24.2 Å². The lowest BCUT2D eigenvalue weighted by molar-refractivity contribution is -0.136. The quantitative estimate of drug-likeness (QED) is 0.259. The Hall–Kier alpha value is -1.21. The third kappa shape index (κ3) is 9.82. The van der Waals surface area contributed by atoms with Crippen LogP contribution in [-0.4, -0.2) is 44.7 Å². The van der Waals surface area contributed by atoms with Crippen molar-refractivity contribution < 1.29 is 25.2 Å². The van der Waals surface area contributed by atoms with Crippen molar-refractivity contribution in [3.05, 3.63) is 46.5 Å². The molecule has 0 amide bonds. The van der Waals surface area contributed by atoms with Crippen LogP contribution in [0.5, 0.6) is 0 Å². The zero-order chi connectivity index (χ0) is 21.9. The number of aliphatic carboxylic acids is 1. The zero-order valence-electron chi connectivity index (χ0n) is 17.4. The van der Waals surface area contributed by atoms with Gasteiger partial charge in [0.2, 0.25) is 0 Å². The highest BCUT2D eigenvalue weighted by Gasteiger charge is 2.26. The third-order valence-electron chi connectivity index (χ3n) is 5.10. The first kappa shape index (κ1) is 26.8. The fourth-order valence-corrected chi connectivity index (χ4v) is 2.98. The Morgan fingerprint density at radius 2 is 1.57 bits per heavy atom. The summed E-state index contributed by atoms with van der Waals surface area (Å²) < 4.78 is 0. The van der Waals surface area contributed by atoms with Crippen LogP contribution in [-0.2, 0) is 4.79 Å². The minimum atomic E-state index is -0.848. The van der Waals surface area contributed by atoms with E-state index in [4.69, 9.17) is 5.11 Å². The summed E-state index contributed by atoms with van der Waals surface area (Å²) in [6.45, 7) is 9.25. The van der Waals surface area contributed by atoms with Crippen LogP contribution in [0.25, 0.3) is 0 Å². The Balaban J connectivity index is 4.74. The first-order valence-corrected chi connectivity index (χ1v) is 10.5. The molecule has 0 bridgehead atoms. The minimum absolute atomic E-state index is 0.0610. The summed E-state index contributed by atoms with van der Waals surface area (Å²) in [7, 11) is 0. The summed E-state index contributed by atoms with van der Waals surface area (Å²) in [5.74, 6) is -1.49. The lowest BCUT2D eigenvalue weighted by atomic mass is 9.85. The van der Waals surface area contributed by atoms with Crippen LogP contribution >= 0.6 is 15.9 Å². The van der Waals surface area contributed by atoms with Gasteiger partial charge in [-0.1, -0.05) is 72.7 Å². The van der Waals surface area contributed by atoms with Crippen LogP contribution in [0.2, 0.25) is 0 Å². The average Bonchev–Trinajstić information content (AvgIpc) is 2.67. The van der Waals surface area contributed by atoms with Crippen molar-refractivity contribution in [3.63, 3.8) is 0 Å². The van der Waals surface area contributed by atoms with Crippen molar-refractivity contribution in [2.75, 3.05) is 0 Å². The van der Waals surface area contributed by atoms with E-state index in [1.54, 1.807) is 30.1 Å². The second-order valence-electron chi connectivity index (χ2n) is 7.44. The highest BCUT2D eigenvalue weighted by atomic mass is 79.9. The summed E-state index contributed by atoms with van der Waals surface area (Å²) in [6, 6.07) is 0. The van der Waals surface area contributed by atoms with Gasteiger partial charge >= 0.3 is 5.97 Å². The van der Waals surface area contributed by atoms with Crippen LogP contribution < -0.4 is 0 Å². The summed E-state index contributed by atoms with van der Waals surface area (Å²) in [6.07, 6.45) is 7.12. The fraction of sp³-hybridized carbons (Fsp3) is 0.591. The summed E-state index contributed by atoms with van der Waals surface area (Å²) in [4.78, 5) is 12.3. The maximum absolute atomic E-state index is 10.6. The number of aliphatic hydroxyl groups is 3. The molecule has 6 atom stereocenters. The number of halogens is 1. The molecule has 4 N–H and O–H groups in total. The molecule has 0 fully saturated rings. The molecule has 0 unspecified atom stereocenters. The average molecular weight is 459 g/mol. The van der Waals surface area contributed by atoms with Crippen LogP contribution in [0.1, 0.15) is 47.5 Å². The first-order valence-electron chi connectivity index (χ1n) is 9.57. The molecule has 0 aliphatic carbocycles. The number of hydrogen-bond acceptors (Lipinski definition) is 4. The van der Waals surface area contributed by atoms with Crippen LogP contribution in [0.3, 0.4) is 0 Å². The van der Waals surface area contributed by atoms with Crippen molar-refractivity contribution in [2.45, 2.75) is 65.8 Å². The highest BCUT2D eigenvalue weighted by molar-refractivity contribution is 9.11. The standard InChI is InChI=1S/C22H35BrO5/c1-14(10-8-12-20(25)26)17(4)22(28)18(5)19(24)11-7-6-9-15(2)21(27)16(3)13-23/h6-7,9-11,13,15,17-19,21-22,24,27-28H,8,12H2,1-5H3,(H,25,26)/b9-6-,11-7-,14-10+,16-13+/t15-,17+,18+,19-,21-,22-/m1/s1. The predicted molar refractivity (Wildman–Crippen MR) is 117 cm³/mol. The highest BCUT2D eigenvalue weighted by Crippen LogP contribution is 2.24. The Morgan fingerprint density at radius 1 is 1.00 bits per heavy atom. The Morgan fingerprint density at radius 3 is 2.11 bits per heavy atom. The Kier molecular flexibility index (Phi) is 13.3. The van der Waals surface area contributed by atoms with E-state index in [-0.39, 0.29) is 24.2 Å². The first-order chi connectivity index (χ1) is 13.0. The number of carbonyl (C=O) groups is 1. The van der Waals surface area contributed by atoms with Gasteiger partial charge in [-0.3, -0.25) is 4.79 Å². The topological polar surface area (TPSA) is 98.0 Å². The monoisotopic (exact) mass is 458 g/mol. The van der Waals surface area contributed by atoms with Gasteiger partial charge < -0.3 is 20.4 Å². The smallest absolute Gasteiger partial charge is 0.303 e. The van der Waals surface area contributed by atoms with E-state index < -0.39 is 24.3 Å². The van der Waals surface area contributed by atoms with Gasteiger partial charge in [0.15, 0.2) is 0 Å². The lowest BCUT2D eigenvalue weighted by Crippen LogP contribution is -2.33. The van der Waals surface area contributed by atoms with Gasteiger partial charge in [-0.25, -0.2) is 0 Å². The zero-order valence-corrected chi connectivity index (χ0v) is 19.0. The molecule has 0 aromatic heterocycles. The molecule has 28 heavy (non-hydrogen) atoms. The predicted octanol–water partition coefficient (Wildman–Crippen LogP) is 4.20. The van der Waals surface area contributed by atoms with E-state index in [1.165, 1.54) is 0 Å². The summed E-state index contributed by atoms with van der Waals surface area (Å²) >= 11 is 3.21. The van der Waals surface area contributed by atoms with Crippen molar-refractivity contribution in [1.82, 2.24) is 0 Å². The maximum Gasteiger partial charge on any atom is 0.303 e. The van der Waals surface area contributed by atoms with Crippen LogP contribution in [0.15, 0.2) is 46.5 Å². The van der Waals surface area contributed by atoms with Crippen LogP contribution in [0, 0.1) is 17.8 Å². The molecule has 0 rings (SSSR count). The molecule has 5 nitrogen and oxygen atoms in total. The van der Waals surface area contributed by atoms with Crippen LogP contribution in [0.4, 0.5) is 0 Å². The molecule has 0 radical (unpaired) electrons. The van der Waals surface area contributed by atoms with Gasteiger partial charge in [0.05, 0.1) is 18.3 Å². The van der Waals surface area contributed by atoms with Crippen molar-refractivity contribution in [2.24, 2.45) is 17.8 Å². The van der Waals surface area contributed by atoms with Crippen molar-refractivity contribution in [1.29, 1.82) is 0 Å².